The van der Waals surface area contributed by atoms with Crippen LogP contribution in [0.2, 0.25) is 0 Å². The first-order chi connectivity index (χ1) is 13.1. The van der Waals surface area contributed by atoms with Gasteiger partial charge in [-0.3, -0.25) is 9.59 Å². The molecule has 2 amide bonds. The van der Waals surface area contributed by atoms with Crippen molar-refractivity contribution in [1.29, 1.82) is 0 Å². The zero-order valence-corrected chi connectivity index (χ0v) is 14.3. The van der Waals surface area contributed by atoms with Gasteiger partial charge < -0.3 is 19.8 Å². The van der Waals surface area contributed by atoms with Crippen molar-refractivity contribution >= 4 is 17.5 Å². The summed E-state index contributed by atoms with van der Waals surface area (Å²) in [5.41, 5.74) is 0.346. The highest BCUT2D eigenvalue weighted by molar-refractivity contribution is 5.97. The predicted octanol–water partition coefficient (Wildman–Crippen LogP) is 3.37. The Hall–Kier alpha value is -3.61. The molecule has 0 fully saturated rings. The zero-order chi connectivity index (χ0) is 19.1. The Morgan fingerprint density at radius 2 is 1.78 bits per heavy atom. The number of halogens is 1. The lowest BCUT2D eigenvalue weighted by Crippen LogP contribution is -2.25. The normalized spacial score (nSPS) is 10.3. The summed E-state index contributed by atoms with van der Waals surface area (Å²) in [6, 6.07) is 15.8. The maximum Gasteiger partial charge on any atom is 0.262 e. The molecule has 6 nitrogen and oxygen atoms in total. The molecule has 2 N–H and O–H groups in total. The second kappa shape index (κ2) is 8.66. The van der Waals surface area contributed by atoms with Gasteiger partial charge in [-0.15, -0.1) is 0 Å². The van der Waals surface area contributed by atoms with E-state index in [9.17, 15) is 14.0 Å². The fraction of sp³-hybridized carbons (Fsp3) is 0.100. The van der Waals surface area contributed by atoms with Crippen molar-refractivity contribution in [3.63, 3.8) is 0 Å². The van der Waals surface area contributed by atoms with Crippen molar-refractivity contribution in [3.8, 4) is 5.75 Å². The smallest absolute Gasteiger partial charge is 0.262 e. The van der Waals surface area contributed by atoms with E-state index in [2.05, 4.69) is 10.6 Å². The second-order valence-electron chi connectivity index (χ2n) is 5.57. The van der Waals surface area contributed by atoms with Gasteiger partial charge in [-0.2, -0.15) is 0 Å². The summed E-state index contributed by atoms with van der Waals surface area (Å²) >= 11 is 0. The van der Waals surface area contributed by atoms with Crippen LogP contribution in [0.4, 0.5) is 10.1 Å². The fourth-order valence-electron chi connectivity index (χ4n) is 2.35. The molecule has 1 aromatic heterocycles. The number of ether oxygens (including phenoxy) is 1. The molecule has 0 aliphatic heterocycles. The van der Waals surface area contributed by atoms with Gasteiger partial charge in [0.15, 0.2) is 6.61 Å². The van der Waals surface area contributed by atoms with Crippen LogP contribution in [0.25, 0.3) is 0 Å². The SMILES string of the molecule is O=C(COc1ccccc1C(=O)NCc1ccco1)Nc1ccccc1F. The van der Waals surface area contributed by atoms with E-state index >= 15 is 0 Å². The van der Waals surface area contributed by atoms with Crippen molar-refractivity contribution in [2.45, 2.75) is 6.54 Å². The number of furan rings is 1. The third-order valence-electron chi connectivity index (χ3n) is 3.64. The predicted molar refractivity (Wildman–Crippen MR) is 96.8 cm³/mol. The van der Waals surface area contributed by atoms with E-state index in [4.69, 9.17) is 9.15 Å². The lowest BCUT2D eigenvalue weighted by Gasteiger charge is -2.12. The number of carbonyl (C=O) groups is 2. The summed E-state index contributed by atoms with van der Waals surface area (Å²) < 4.78 is 24.2. The van der Waals surface area contributed by atoms with Gasteiger partial charge in [-0.25, -0.2) is 4.39 Å². The highest BCUT2D eigenvalue weighted by Crippen LogP contribution is 2.18. The Morgan fingerprint density at radius 3 is 2.56 bits per heavy atom. The van der Waals surface area contributed by atoms with Gasteiger partial charge in [0, 0.05) is 0 Å². The quantitative estimate of drug-likeness (QED) is 0.670. The molecule has 0 atom stereocenters. The van der Waals surface area contributed by atoms with Gasteiger partial charge in [0.2, 0.25) is 0 Å². The van der Waals surface area contributed by atoms with Gasteiger partial charge in [-0.1, -0.05) is 24.3 Å². The van der Waals surface area contributed by atoms with E-state index in [1.165, 1.54) is 24.5 Å². The topological polar surface area (TPSA) is 80.6 Å². The molecule has 0 saturated heterocycles. The average Bonchev–Trinajstić information content (AvgIpc) is 3.20. The third-order valence-corrected chi connectivity index (χ3v) is 3.64. The van der Waals surface area contributed by atoms with Crippen LogP contribution in [0.1, 0.15) is 16.1 Å². The van der Waals surface area contributed by atoms with Crippen LogP contribution in [0.15, 0.2) is 71.3 Å². The van der Waals surface area contributed by atoms with Crippen LogP contribution in [-0.4, -0.2) is 18.4 Å². The summed E-state index contributed by atoms with van der Waals surface area (Å²) in [6.07, 6.45) is 1.52. The molecular formula is C20H17FN2O4. The van der Waals surface area contributed by atoms with E-state index in [1.807, 2.05) is 0 Å². The molecule has 0 bridgehead atoms. The van der Waals surface area contributed by atoms with E-state index < -0.39 is 11.7 Å². The average molecular weight is 368 g/mol. The first kappa shape index (κ1) is 18.2. The monoisotopic (exact) mass is 368 g/mol. The molecule has 0 aliphatic carbocycles. The minimum absolute atomic E-state index is 0.0653. The minimum atomic E-state index is -0.538. The molecule has 3 rings (SSSR count). The summed E-state index contributed by atoms with van der Waals surface area (Å²) in [6.45, 7) is -0.134. The summed E-state index contributed by atoms with van der Waals surface area (Å²) in [5.74, 6) is -0.574. The van der Waals surface area contributed by atoms with Crippen LogP contribution in [0.3, 0.4) is 0 Å². The Morgan fingerprint density at radius 1 is 1.00 bits per heavy atom. The van der Waals surface area contributed by atoms with Crippen LogP contribution in [-0.2, 0) is 11.3 Å². The Balaban J connectivity index is 1.59. The van der Waals surface area contributed by atoms with Crippen molar-refractivity contribution in [2.24, 2.45) is 0 Å². The highest BCUT2D eigenvalue weighted by Gasteiger charge is 2.14. The van der Waals surface area contributed by atoms with E-state index in [1.54, 1.807) is 42.5 Å². The summed E-state index contributed by atoms with van der Waals surface area (Å²) in [4.78, 5) is 24.3. The van der Waals surface area contributed by atoms with Crippen LogP contribution in [0.5, 0.6) is 5.75 Å². The maximum absolute atomic E-state index is 13.6. The number of anilines is 1. The first-order valence-corrected chi connectivity index (χ1v) is 8.20. The standard InChI is InChI=1S/C20H17FN2O4/c21-16-8-2-3-9-17(16)23-19(24)13-27-18-10-4-1-7-15(18)20(25)22-12-14-6-5-11-26-14/h1-11H,12-13H2,(H,22,25)(H,23,24). The number of carbonyl (C=O) groups excluding carboxylic acids is 2. The number of hydrogen-bond donors (Lipinski definition) is 2. The van der Waals surface area contributed by atoms with Crippen LogP contribution in [0, 0.1) is 5.82 Å². The molecule has 1 heterocycles. The summed E-state index contributed by atoms with van der Waals surface area (Å²) in [5, 5.41) is 5.13. The van der Waals surface area contributed by atoms with Crippen molar-refractivity contribution in [3.05, 3.63) is 84.1 Å². The van der Waals surface area contributed by atoms with Gasteiger partial charge in [0.1, 0.15) is 17.3 Å². The molecule has 0 aliphatic rings. The molecule has 138 valence electrons. The zero-order valence-electron chi connectivity index (χ0n) is 14.3. The maximum atomic E-state index is 13.6. The molecule has 27 heavy (non-hydrogen) atoms. The molecule has 3 aromatic rings. The molecule has 0 radical (unpaired) electrons. The summed E-state index contributed by atoms with van der Waals surface area (Å²) in [7, 11) is 0. The molecule has 2 aromatic carbocycles. The number of hydrogen-bond acceptors (Lipinski definition) is 4. The molecule has 0 saturated carbocycles. The Labute approximate surface area is 155 Å². The fourth-order valence-corrected chi connectivity index (χ4v) is 2.35. The Kier molecular flexibility index (Phi) is 5.84. The second-order valence-corrected chi connectivity index (χ2v) is 5.57. The minimum Gasteiger partial charge on any atom is -0.483 e. The van der Waals surface area contributed by atoms with E-state index in [-0.39, 0.29) is 36.1 Å². The number of benzene rings is 2. The number of amides is 2. The third kappa shape index (κ3) is 4.94. The van der Waals surface area contributed by atoms with Crippen molar-refractivity contribution in [1.82, 2.24) is 5.32 Å². The highest BCUT2D eigenvalue weighted by atomic mass is 19.1. The first-order valence-electron chi connectivity index (χ1n) is 8.20. The van der Waals surface area contributed by atoms with Gasteiger partial charge in [0.05, 0.1) is 24.1 Å². The lowest BCUT2D eigenvalue weighted by molar-refractivity contribution is -0.118. The number of nitrogens with one attached hydrogen (secondary N) is 2. The largest absolute Gasteiger partial charge is 0.483 e. The Bertz CT molecular complexity index is 925. The van der Waals surface area contributed by atoms with Crippen LogP contribution >= 0.6 is 0 Å². The van der Waals surface area contributed by atoms with Gasteiger partial charge >= 0.3 is 0 Å². The van der Waals surface area contributed by atoms with E-state index in [0.29, 0.717) is 5.76 Å². The van der Waals surface area contributed by atoms with Gasteiger partial charge in [0.25, 0.3) is 11.8 Å². The molecule has 0 unspecified atom stereocenters. The van der Waals surface area contributed by atoms with Crippen molar-refractivity contribution < 1.29 is 23.1 Å². The molecule has 0 spiro atoms. The molecular weight excluding hydrogens is 351 g/mol. The van der Waals surface area contributed by atoms with Crippen LogP contribution < -0.4 is 15.4 Å². The number of rotatable bonds is 7. The van der Waals surface area contributed by atoms with Gasteiger partial charge in [-0.05, 0) is 36.4 Å². The lowest BCUT2D eigenvalue weighted by atomic mass is 10.2. The molecule has 7 heteroatoms. The van der Waals surface area contributed by atoms with Crippen molar-refractivity contribution in [2.75, 3.05) is 11.9 Å². The number of para-hydroxylation sites is 2. The van der Waals surface area contributed by atoms with E-state index in [0.717, 1.165) is 0 Å².